The van der Waals surface area contributed by atoms with Gasteiger partial charge in [0.15, 0.2) is 0 Å². The maximum Gasteiger partial charge on any atom is 0.257 e. The molecule has 49 heavy (non-hydrogen) atoms. The summed E-state index contributed by atoms with van der Waals surface area (Å²) in [6.45, 7) is 15.3. The Labute approximate surface area is 289 Å². The largest absolute Gasteiger partial charge is 0.494 e. The molecule has 3 atom stereocenters. The number of carbonyl (C=O) groups is 3. The van der Waals surface area contributed by atoms with Crippen LogP contribution in [0.3, 0.4) is 0 Å². The fourth-order valence-electron chi connectivity index (χ4n) is 6.30. The minimum absolute atomic E-state index is 0.253. The van der Waals surface area contributed by atoms with Crippen LogP contribution in [0.25, 0.3) is 10.9 Å². The number of fused-ring (bicyclic) bond motifs is 1. The topological polar surface area (TPSA) is 144 Å². The summed E-state index contributed by atoms with van der Waals surface area (Å²) in [5.41, 5.74) is 2.10. The monoisotopic (exact) mass is 673 g/mol. The van der Waals surface area contributed by atoms with Gasteiger partial charge in [-0.25, -0.2) is 14.9 Å². The molecule has 3 heterocycles. The summed E-state index contributed by atoms with van der Waals surface area (Å²) in [5, 5.41) is 13.1. The number of aromatic nitrogens is 2. The van der Waals surface area contributed by atoms with Gasteiger partial charge in [0.05, 0.1) is 30.4 Å². The Morgan fingerprint density at radius 3 is 2.39 bits per heavy atom. The Morgan fingerprint density at radius 1 is 1.08 bits per heavy atom. The van der Waals surface area contributed by atoms with E-state index in [-0.39, 0.29) is 11.6 Å². The number of ether oxygens (including phenoxy) is 1. The van der Waals surface area contributed by atoms with Gasteiger partial charge in [0.2, 0.25) is 5.91 Å². The third-order valence-corrected chi connectivity index (χ3v) is 9.52. The van der Waals surface area contributed by atoms with Gasteiger partial charge in [-0.05, 0) is 75.6 Å². The van der Waals surface area contributed by atoms with Gasteiger partial charge in [-0.1, -0.05) is 27.7 Å². The Morgan fingerprint density at radius 2 is 1.80 bits per heavy atom. The van der Waals surface area contributed by atoms with Crippen LogP contribution in [0, 0.1) is 5.41 Å². The molecule has 0 aliphatic carbocycles. The number of amides is 3. The lowest BCUT2D eigenvalue weighted by Crippen LogP contribution is -2.60. The van der Waals surface area contributed by atoms with Crippen molar-refractivity contribution >= 4 is 51.5 Å². The molecule has 1 aromatic heterocycles. The van der Waals surface area contributed by atoms with Crippen LogP contribution in [0.4, 0.5) is 22.9 Å². The highest BCUT2D eigenvalue weighted by Gasteiger charge is 2.42. The second kappa shape index (κ2) is 15.5. The minimum atomic E-state index is -1.02. The highest BCUT2D eigenvalue weighted by atomic mass is 16.5. The molecule has 0 bridgehead atoms. The molecule has 0 saturated carbocycles. The number of nitrogens with one attached hydrogen (secondary N) is 4. The van der Waals surface area contributed by atoms with Crippen molar-refractivity contribution in [3.8, 4) is 5.75 Å². The molecule has 264 valence electrons. The zero-order chi connectivity index (χ0) is 35.3. The number of benzene rings is 2. The van der Waals surface area contributed by atoms with Crippen molar-refractivity contribution in [3.63, 3.8) is 0 Å². The van der Waals surface area contributed by atoms with E-state index >= 15 is 0 Å². The molecule has 3 aromatic rings. The first kappa shape index (κ1) is 36.0. The third-order valence-electron chi connectivity index (χ3n) is 9.52. The number of hydrogen-bond acceptors (Lipinski definition) is 11. The van der Waals surface area contributed by atoms with Gasteiger partial charge in [0.25, 0.3) is 11.8 Å². The van der Waals surface area contributed by atoms with Crippen LogP contribution in [0.1, 0.15) is 47.5 Å². The Kier molecular flexibility index (Phi) is 11.4. The standard InChI is InChI=1S/C36H51N9O4/c1-8-43-16-18-44(19-17-43)25-13-11-24(12-14-25)41-32-26-20-29(30(49-7)21-28(26)39-22-40-32)45(34(47)27-10-9-15-38-27)35(48)31(36(3,4)5)42-33(46)23(2)37-6/h11-14,20-23,27,31,37-38H,8-10,15-19H2,1-7H3,(H,42,46)(H,39,40,41)/t23-,27-,31+/m0/s1. The number of piperazine rings is 1. The van der Waals surface area contributed by atoms with E-state index in [1.165, 1.54) is 24.0 Å². The molecule has 3 amide bonds. The second-order valence-electron chi connectivity index (χ2n) is 13.8. The highest BCUT2D eigenvalue weighted by molar-refractivity contribution is 6.20. The average Bonchev–Trinajstić information content (AvgIpc) is 3.65. The summed E-state index contributed by atoms with van der Waals surface area (Å²) in [6, 6.07) is 9.55. The van der Waals surface area contributed by atoms with E-state index in [4.69, 9.17) is 4.74 Å². The van der Waals surface area contributed by atoms with Crippen molar-refractivity contribution < 1.29 is 19.1 Å². The minimum Gasteiger partial charge on any atom is -0.494 e. The zero-order valence-electron chi connectivity index (χ0n) is 29.8. The lowest BCUT2D eigenvalue weighted by molar-refractivity contribution is -0.134. The van der Waals surface area contributed by atoms with Crippen LogP contribution in [0.15, 0.2) is 42.7 Å². The van der Waals surface area contributed by atoms with Crippen LogP contribution < -0.4 is 35.8 Å². The molecule has 2 aromatic carbocycles. The number of methoxy groups -OCH3 is 1. The molecular weight excluding hydrogens is 622 g/mol. The van der Waals surface area contributed by atoms with Gasteiger partial charge in [-0.15, -0.1) is 0 Å². The van der Waals surface area contributed by atoms with Crippen LogP contribution in [-0.4, -0.2) is 104 Å². The molecule has 13 nitrogen and oxygen atoms in total. The lowest BCUT2D eigenvalue weighted by Gasteiger charge is -2.36. The van der Waals surface area contributed by atoms with Crippen LogP contribution in [0.5, 0.6) is 5.75 Å². The van der Waals surface area contributed by atoms with Crippen LogP contribution in [0.2, 0.25) is 0 Å². The van der Waals surface area contributed by atoms with E-state index in [1.54, 1.807) is 26.1 Å². The maximum absolute atomic E-state index is 14.6. The molecule has 0 radical (unpaired) electrons. The first-order valence-corrected chi connectivity index (χ1v) is 17.2. The average molecular weight is 674 g/mol. The van der Waals surface area contributed by atoms with E-state index in [9.17, 15) is 14.4 Å². The summed E-state index contributed by atoms with van der Waals surface area (Å²) < 4.78 is 5.79. The SMILES string of the molecule is CCN1CCN(c2ccc(Nc3ncnc4cc(OC)c(N(C(=O)[C@@H]5CCCN5)C(=O)[C@@H](NC(=O)[C@H](C)NC)C(C)(C)C)cc34)cc2)CC1. The van der Waals surface area contributed by atoms with E-state index < -0.39 is 35.4 Å². The van der Waals surface area contributed by atoms with Crippen molar-refractivity contribution in [1.82, 2.24) is 30.8 Å². The number of nitrogens with zero attached hydrogens (tertiary/aromatic N) is 5. The summed E-state index contributed by atoms with van der Waals surface area (Å²) in [5.74, 6) is -0.497. The molecule has 13 heteroatoms. The molecule has 4 N–H and O–H groups in total. The first-order chi connectivity index (χ1) is 23.4. The Hall–Kier alpha value is -4.33. The van der Waals surface area contributed by atoms with Gasteiger partial charge >= 0.3 is 0 Å². The fraction of sp³-hybridized carbons (Fsp3) is 0.528. The molecule has 2 fully saturated rings. The first-order valence-electron chi connectivity index (χ1n) is 17.2. The van der Waals surface area contributed by atoms with Gasteiger partial charge in [0.1, 0.15) is 23.9 Å². The second-order valence-corrected chi connectivity index (χ2v) is 13.8. The van der Waals surface area contributed by atoms with E-state index in [0.717, 1.165) is 44.8 Å². The van der Waals surface area contributed by atoms with Crippen molar-refractivity contribution in [2.45, 2.75) is 65.6 Å². The lowest BCUT2D eigenvalue weighted by atomic mass is 9.85. The third kappa shape index (κ3) is 8.11. The number of rotatable bonds is 11. The number of imide groups is 1. The van der Waals surface area contributed by atoms with Gasteiger partial charge in [0, 0.05) is 49.0 Å². The molecule has 2 saturated heterocycles. The molecular formula is C36H51N9O4. The Balaban J connectivity index is 1.52. The molecule has 2 aliphatic rings. The predicted molar refractivity (Wildman–Crippen MR) is 194 cm³/mol. The normalized spacial score (nSPS) is 18.2. The maximum atomic E-state index is 14.6. The van der Waals surface area contributed by atoms with Crippen LogP contribution in [-0.2, 0) is 14.4 Å². The van der Waals surface area contributed by atoms with Crippen LogP contribution >= 0.6 is 0 Å². The van der Waals surface area contributed by atoms with Crippen molar-refractivity contribution in [2.75, 3.05) is 68.5 Å². The van der Waals surface area contributed by atoms with Crippen molar-refractivity contribution in [3.05, 3.63) is 42.7 Å². The van der Waals surface area contributed by atoms with E-state index in [0.29, 0.717) is 35.4 Å². The number of carbonyl (C=O) groups excluding carboxylic acids is 3. The molecule has 0 spiro atoms. The summed E-state index contributed by atoms with van der Waals surface area (Å²) in [4.78, 5) is 57.1. The summed E-state index contributed by atoms with van der Waals surface area (Å²) in [6.07, 6.45) is 2.86. The molecule has 5 rings (SSSR count). The smallest absolute Gasteiger partial charge is 0.257 e. The zero-order valence-corrected chi connectivity index (χ0v) is 29.8. The Bertz CT molecular complexity index is 1630. The summed E-state index contributed by atoms with van der Waals surface area (Å²) >= 11 is 0. The quantitative estimate of drug-likeness (QED) is 0.238. The summed E-state index contributed by atoms with van der Waals surface area (Å²) in [7, 11) is 3.17. The van der Waals surface area contributed by atoms with Crippen molar-refractivity contribution in [1.29, 1.82) is 0 Å². The van der Waals surface area contributed by atoms with E-state index in [1.807, 2.05) is 32.9 Å². The van der Waals surface area contributed by atoms with Gasteiger partial charge < -0.3 is 35.8 Å². The molecule has 0 unspecified atom stereocenters. The number of likely N-dealkylation sites (N-methyl/N-ethyl adjacent to an activating group) is 2. The fourth-order valence-corrected chi connectivity index (χ4v) is 6.30. The highest BCUT2D eigenvalue weighted by Crippen LogP contribution is 2.38. The number of anilines is 4. The molecule has 2 aliphatic heterocycles. The van der Waals surface area contributed by atoms with Gasteiger partial charge in [-0.3, -0.25) is 14.4 Å². The number of hydrogen-bond donors (Lipinski definition) is 4. The van der Waals surface area contributed by atoms with E-state index in [2.05, 4.69) is 60.1 Å². The van der Waals surface area contributed by atoms with Gasteiger partial charge in [-0.2, -0.15) is 0 Å². The van der Waals surface area contributed by atoms with Crippen molar-refractivity contribution in [2.24, 2.45) is 5.41 Å². The predicted octanol–water partition coefficient (Wildman–Crippen LogP) is 3.27.